The molecule has 0 fully saturated rings. The Bertz CT molecular complexity index is 305. The minimum Gasteiger partial charge on any atom is -0.370 e. The Morgan fingerprint density at radius 2 is 2.57 bits per heavy atom. The molecule has 7 heteroatoms. The normalized spacial score (nSPS) is 10.1. The number of halogens is 1. The minimum absolute atomic E-state index is 0.00833. The molecule has 5 nitrogen and oxygen atoms in total. The number of hydrogen-bond acceptors (Lipinski definition) is 5. The minimum atomic E-state index is -0.222. The molecular weight excluding hydrogens is 270 g/mol. The van der Waals surface area contributed by atoms with Crippen molar-refractivity contribution < 1.29 is 9.53 Å². The molecule has 0 saturated carbocycles. The van der Waals surface area contributed by atoms with Gasteiger partial charge >= 0.3 is 0 Å². The van der Waals surface area contributed by atoms with Crippen LogP contribution < -0.4 is 11.1 Å². The standard InChI is InChI=1S/C7H10BrN3O2S/c8-5-3-10-7(14-5)11-6(12)4-13-2-1-9/h3H,1-2,4,9H2,(H,10,11,12). The molecule has 1 aromatic rings. The summed E-state index contributed by atoms with van der Waals surface area (Å²) in [5, 5.41) is 3.15. The fraction of sp³-hybridized carbons (Fsp3) is 0.429. The van der Waals surface area contributed by atoms with E-state index in [4.69, 9.17) is 10.5 Å². The van der Waals surface area contributed by atoms with Crippen LogP contribution in [-0.4, -0.2) is 30.6 Å². The molecule has 0 unspecified atom stereocenters. The van der Waals surface area contributed by atoms with E-state index < -0.39 is 0 Å². The second kappa shape index (κ2) is 6.07. The van der Waals surface area contributed by atoms with Gasteiger partial charge in [0.15, 0.2) is 5.13 Å². The van der Waals surface area contributed by atoms with Gasteiger partial charge in [-0.05, 0) is 15.9 Å². The second-order valence-electron chi connectivity index (χ2n) is 2.36. The highest BCUT2D eigenvalue weighted by molar-refractivity contribution is 9.11. The summed E-state index contributed by atoms with van der Waals surface area (Å²) in [6.07, 6.45) is 1.63. The van der Waals surface area contributed by atoms with Gasteiger partial charge < -0.3 is 10.5 Å². The van der Waals surface area contributed by atoms with E-state index in [0.717, 1.165) is 3.79 Å². The first kappa shape index (κ1) is 11.6. The highest BCUT2D eigenvalue weighted by Crippen LogP contribution is 2.22. The first-order valence-electron chi connectivity index (χ1n) is 3.91. The molecule has 1 aromatic heterocycles. The summed E-state index contributed by atoms with van der Waals surface area (Å²) in [5.74, 6) is -0.222. The summed E-state index contributed by atoms with van der Waals surface area (Å²) >= 11 is 4.59. The topological polar surface area (TPSA) is 77.2 Å². The first-order chi connectivity index (χ1) is 6.72. The smallest absolute Gasteiger partial charge is 0.252 e. The predicted molar refractivity (Wildman–Crippen MR) is 58.3 cm³/mol. The number of nitrogens with two attached hydrogens (primary N) is 1. The molecule has 1 rings (SSSR count). The van der Waals surface area contributed by atoms with Crippen molar-refractivity contribution in [2.45, 2.75) is 0 Å². The van der Waals surface area contributed by atoms with Crippen LogP contribution in [0.3, 0.4) is 0 Å². The summed E-state index contributed by atoms with van der Waals surface area (Å²) in [7, 11) is 0. The third-order valence-corrected chi connectivity index (χ3v) is 2.61. The van der Waals surface area contributed by atoms with Gasteiger partial charge in [0.05, 0.1) is 16.6 Å². The van der Waals surface area contributed by atoms with Gasteiger partial charge in [-0.15, -0.1) is 0 Å². The van der Waals surface area contributed by atoms with Gasteiger partial charge in [0, 0.05) is 6.54 Å². The predicted octanol–water partition coefficient (Wildman–Crippen LogP) is 0.819. The van der Waals surface area contributed by atoms with Crippen molar-refractivity contribution >= 4 is 38.3 Å². The maximum atomic E-state index is 11.2. The lowest BCUT2D eigenvalue weighted by Crippen LogP contribution is -2.20. The van der Waals surface area contributed by atoms with Gasteiger partial charge in [-0.2, -0.15) is 0 Å². The Morgan fingerprint density at radius 3 is 3.14 bits per heavy atom. The molecule has 0 aliphatic rings. The van der Waals surface area contributed by atoms with E-state index in [9.17, 15) is 4.79 Å². The lowest BCUT2D eigenvalue weighted by atomic mass is 10.6. The summed E-state index contributed by atoms with van der Waals surface area (Å²) < 4.78 is 5.82. The third kappa shape index (κ3) is 4.14. The number of ether oxygens (including phenoxy) is 1. The van der Waals surface area contributed by atoms with Crippen LogP contribution in [0.1, 0.15) is 0 Å². The first-order valence-corrected chi connectivity index (χ1v) is 5.52. The maximum Gasteiger partial charge on any atom is 0.252 e. The summed E-state index contributed by atoms with van der Waals surface area (Å²) in [4.78, 5) is 15.1. The van der Waals surface area contributed by atoms with Crippen LogP contribution in [0.5, 0.6) is 0 Å². The number of hydrogen-bond donors (Lipinski definition) is 2. The van der Waals surface area contributed by atoms with Crippen LogP contribution in [0.4, 0.5) is 5.13 Å². The molecule has 78 valence electrons. The number of amides is 1. The summed E-state index contributed by atoms with van der Waals surface area (Å²) in [5.41, 5.74) is 5.20. The number of nitrogens with one attached hydrogen (secondary N) is 1. The maximum absolute atomic E-state index is 11.2. The largest absolute Gasteiger partial charge is 0.370 e. The molecule has 14 heavy (non-hydrogen) atoms. The highest BCUT2D eigenvalue weighted by Gasteiger charge is 2.04. The quantitative estimate of drug-likeness (QED) is 0.783. The molecule has 0 aliphatic carbocycles. The average Bonchev–Trinajstić information content (AvgIpc) is 2.52. The van der Waals surface area contributed by atoms with Gasteiger partial charge in [0.2, 0.25) is 0 Å². The van der Waals surface area contributed by atoms with E-state index in [2.05, 4.69) is 26.2 Å². The van der Waals surface area contributed by atoms with Crippen molar-refractivity contribution in [1.82, 2.24) is 4.98 Å². The molecule has 0 aliphatic heterocycles. The van der Waals surface area contributed by atoms with Gasteiger partial charge in [0.1, 0.15) is 6.61 Å². The van der Waals surface area contributed by atoms with E-state index in [1.165, 1.54) is 11.3 Å². The van der Waals surface area contributed by atoms with E-state index in [1.807, 2.05) is 0 Å². The van der Waals surface area contributed by atoms with Crippen molar-refractivity contribution in [3.05, 3.63) is 9.98 Å². The zero-order valence-electron chi connectivity index (χ0n) is 7.33. The van der Waals surface area contributed by atoms with Crippen LogP contribution in [0, 0.1) is 0 Å². The fourth-order valence-electron chi connectivity index (χ4n) is 0.716. The van der Waals surface area contributed by atoms with Gasteiger partial charge in [-0.3, -0.25) is 10.1 Å². The number of aromatic nitrogens is 1. The van der Waals surface area contributed by atoms with Crippen molar-refractivity contribution in [2.24, 2.45) is 5.73 Å². The zero-order chi connectivity index (χ0) is 10.4. The Hall–Kier alpha value is -0.500. The molecule has 1 amide bonds. The Balaban J connectivity index is 2.27. The van der Waals surface area contributed by atoms with Crippen molar-refractivity contribution in [3.8, 4) is 0 Å². The molecule has 0 bridgehead atoms. The van der Waals surface area contributed by atoms with E-state index in [1.54, 1.807) is 6.20 Å². The molecule has 0 radical (unpaired) electrons. The van der Waals surface area contributed by atoms with Crippen LogP contribution >= 0.6 is 27.3 Å². The monoisotopic (exact) mass is 279 g/mol. The van der Waals surface area contributed by atoms with Crippen LogP contribution in [0.2, 0.25) is 0 Å². The number of thiazole rings is 1. The van der Waals surface area contributed by atoms with E-state index in [-0.39, 0.29) is 12.5 Å². The lowest BCUT2D eigenvalue weighted by Gasteiger charge is -2.01. The van der Waals surface area contributed by atoms with Gasteiger partial charge in [0.25, 0.3) is 5.91 Å². The number of anilines is 1. The van der Waals surface area contributed by atoms with Crippen LogP contribution in [-0.2, 0) is 9.53 Å². The van der Waals surface area contributed by atoms with Crippen LogP contribution in [0.15, 0.2) is 9.98 Å². The van der Waals surface area contributed by atoms with Crippen molar-refractivity contribution in [1.29, 1.82) is 0 Å². The Kier molecular flexibility index (Phi) is 5.02. The van der Waals surface area contributed by atoms with E-state index >= 15 is 0 Å². The zero-order valence-corrected chi connectivity index (χ0v) is 9.73. The van der Waals surface area contributed by atoms with Gasteiger partial charge in [-0.25, -0.2) is 4.98 Å². The van der Waals surface area contributed by atoms with Gasteiger partial charge in [-0.1, -0.05) is 11.3 Å². The second-order valence-corrected chi connectivity index (χ2v) is 4.77. The lowest BCUT2D eigenvalue weighted by molar-refractivity contribution is -0.120. The molecule has 0 saturated heterocycles. The molecule has 0 spiro atoms. The van der Waals surface area contributed by atoms with Crippen molar-refractivity contribution in [3.63, 3.8) is 0 Å². The Labute approximate surface area is 93.8 Å². The summed E-state index contributed by atoms with van der Waals surface area (Å²) in [6, 6.07) is 0. The third-order valence-electron chi connectivity index (χ3n) is 1.22. The molecular formula is C7H10BrN3O2S. The number of nitrogens with zero attached hydrogens (tertiary/aromatic N) is 1. The average molecular weight is 280 g/mol. The number of carbonyl (C=O) groups excluding carboxylic acids is 1. The Morgan fingerprint density at radius 1 is 1.79 bits per heavy atom. The number of rotatable bonds is 5. The molecule has 0 atom stereocenters. The molecule has 1 heterocycles. The molecule has 3 N–H and O–H groups in total. The van der Waals surface area contributed by atoms with Crippen LogP contribution in [0.25, 0.3) is 0 Å². The summed E-state index contributed by atoms with van der Waals surface area (Å²) in [6.45, 7) is 0.805. The number of carbonyl (C=O) groups is 1. The fourth-order valence-corrected chi connectivity index (χ4v) is 1.84. The molecule has 0 aromatic carbocycles. The van der Waals surface area contributed by atoms with E-state index in [0.29, 0.717) is 18.3 Å². The SMILES string of the molecule is NCCOCC(=O)Nc1ncc(Br)s1. The highest BCUT2D eigenvalue weighted by atomic mass is 79.9. The van der Waals surface area contributed by atoms with Crippen molar-refractivity contribution in [2.75, 3.05) is 25.1 Å².